The number of ketones is 1. The van der Waals surface area contributed by atoms with Gasteiger partial charge in [0, 0.05) is 12.0 Å². The number of aromatic nitrogens is 1. The topological polar surface area (TPSA) is 82.3 Å². The number of rotatable bonds is 6. The van der Waals surface area contributed by atoms with E-state index >= 15 is 0 Å². The minimum atomic E-state index is -0.617. The summed E-state index contributed by atoms with van der Waals surface area (Å²) in [4.78, 5) is 25.6. The minimum Gasteiger partial charge on any atom is -0.485 e. The number of hydrogen-bond acceptors (Lipinski definition) is 5. The van der Waals surface area contributed by atoms with E-state index in [1.165, 1.54) is 12.3 Å². The molecule has 0 saturated carbocycles. The predicted molar refractivity (Wildman–Crippen MR) is 71.8 cm³/mol. The zero-order valence-electron chi connectivity index (χ0n) is 10.6. The van der Waals surface area contributed by atoms with Gasteiger partial charge in [-0.3, -0.25) is 4.79 Å². The molecule has 0 N–H and O–H groups in total. The molecular weight excluding hydrogens is 260 g/mol. The Balaban J connectivity index is 1.94. The Morgan fingerprint density at radius 2 is 1.95 bits per heavy atom. The molecule has 0 fully saturated rings. The first-order valence-corrected chi connectivity index (χ1v) is 5.99. The molecular formula is C14H12N2O4. The molecule has 0 aliphatic heterocycles. The lowest BCUT2D eigenvalue weighted by Crippen LogP contribution is -2.08. The molecule has 0 unspecified atom stereocenters. The molecule has 0 amide bonds. The van der Waals surface area contributed by atoms with Gasteiger partial charge in [-0.15, -0.1) is 0 Å². The highest BCUT2D eigenvalue weighted by Crippen LogP contribution is 2.22. The van der Waals surface area contributed by atoms with E-state index in [1.807, 2.05) is 6.07 Å². The predicted octanol–water partition coefficient (Wildman–Crippen LogP) is 2.64. The average Bonchev–Trinajstić information content (AvgIpc) is 2.48. The second-order valence-corrected chi connectivity index (χ2v) is 3.97. The Bertz CT molecular complexity index is 614. The number of benzene rings is 1. The third kappa shape index (κ3) is 3.38. The highest BCUT2D eigenvalue weighted by atomic mass is 16.6. The smallest absolute Gasteiger partial charge is 0.406 e. The largest absolute Gasteiger partial charge is 0.485 e. The molecule has 1 heterocycles. The summed E-state index contributed by atoms with van der Waals surface area (Å²) in [6.07, 6.45) is 1.47. The van der Waals surface area contributed by atoms with Crippen molar-refractivity contribution >= 4 is 11.6 Å². The van der Waals surface area contributed by atoms with Gasteiger partial charge >= 0.3 is 5.82 Å². The second-order valence-electron chi connectivity index (χ2n) is 3.97. The van der Waals surface area contributed by atoms with Crippen LogP contribution in [0.25, 0.3) is 0 Å². The standard InChI is InChI=1S/C14H12N2O4/c17-12(11-5-2-1-3-6-11)8-10-20-13-7-4-9-15-14(13)16(18)19/h1-7,9H,8,10H2. The van der Waals surface area contributed by atoms with Crippen LogP contribution in [0.15, 0.2) is 48.7 Å². The van der Waals surface area contributed by atoms with Gasteiger partial charge in [0.05, 0.1) is 6.61 Å². The van der Waals surface area contributed by atoms with Gasteiger partial charge in [-0.25, -0.2) is 0 Å². The Labute approximate surface area is 115 Å². The monoisotopic (exact) mass is 272 g/mol. The first kappa shape index (κ1) is 13.7. The summed E-state index contributed by atoms with van der Waals surface area (Å²) in [6, 6.07) is 11.8. The van der Waals surface area contributed by atoms with Gasteiger partial charge in [0.1, 0.15) is 6.20 Å². The fraction of sp³-hybridized carbons (Fsp3) is 0.143. The summed E-state index contributed by atoms with van der Waals surface area (Å²) in [5, 5.41) is 10.7. The summed E-state index contributed by atoms with van der Waals surface area (Å²) in [5.41, 5.74) is 0.594. The highest BCUT2D eigenvalue weighted by Gasteiger charge is 2.15. The van der Waals surface area contributed by atoms with Crippen LogP contribution >= 0.6 is 0 Å². The lowest BCUT2D eigenvalue weighted by molar-refractivity contribution is -0.390. The number of nitro groups is 1. The van der Waals surface area contributed by atoms with Crippen molar-refractivity contribution in [1.29, 1.82) is 0 Å². The van der Waals surface area contributed by atoms with Crippen molar-refractivity contribution < 1.29 is 14.5 Å². The summed E-state index contributed by atoms with van der Waals surface area (Å²) in [7, 11) is 0. The van der Waals surface area contributed by atoms with Crippen LogP contribution in [0.3, 0.4) is 0 Å². The van der Waals surface area contributed by atoms with Crippen LogP contribution in [0.1, 0.15) is 16.8 Å². The Morgan fingerprint density at radius 3 is 2.65 bits per heavy atom. The van der Waals surface area contributed by atoms with E-state index in [1.54, 1.807) is 30.3 Å². The van der Waals surface area contributed by atoms with Crippen LogP contribution in [0.4, 0.5) is 5.82 Å². The summed E-state index contributed by atoms with van der Waals surface area (Å²) >= 11 is 0. The molecule has 2 rings (SSSR count). The van der Waals surface area contributed by atoms with E-state index in [0.717, 1.165) is 0 Å². The van der Waals surface area contributed by atoms with Crippen molar-refractivity contribution in [3.8, 4) is 5.75 Å². The Hall–Kier alpha value is -2.76. The maximum atomic E-state index is 11.8. The fourth-order valence-corrected chi connectivity index (χ4v) is 1.65. The number of nitrogens with zero attached hydrogens (tertiary/aromatic N) is 2. The highest BCUT2D eigenvalue weighted by molar-refractivity contribution is 5.96. The van der Waals surface area contributed by atoms with E-state index in [0.29, 0.717) is 5.56 Å². The van der Waals surface area contributed by atoms with Gasteiger partial charge in [0.25, 0.3) is 0 Å². The first-order chi connectivity index (χ1) is 9.68. The molecule has 0 radical (unpaired) electrons. The number of hydrogen-bond donors (Lipinski definition) is 0. The zero-order chi connectivity index (χ0) is 14.4. The van der Waals surface area contributed by atoms with Gasteiger partial charge in [-0.1, -0.05) is 30.3 Å². The Kier molecular flexibility index (Phi) is 4.39. The fourth-order valence-electron chi connectivity index (χ4n) is 1.65. The number of carbonyl (C=O) groups excluding carboxylic acids is 1. The van der Waals surface area contributed by atoms with Crippen LogP contribution in [0, 0.1) is 10.1 Å². The molecule has 1 aromatic carbocycles. The average molecular weight is 272 g/mol. The Morgan fingerprint density at radius 1 is 1.20 bits per heavy atom. The normalized spacial score (nSPS) is 10.0. The van der Waals surface area contributed by atoms with Gasteiger partial charge < -0.3 is 14.9 Å². The summed E-state index contributed by atoms with van der Waals surface area (Å²) in [5.74, 6) is -0.352. The zero-order valence-corrected chi connectivity index (χ0v) is 10.6. The van der Waals surface area contributed by atoms with Crippen LogP contribution in [0.2, 0.25) is 0 Å². The SMILES string of the molecule is O=C(CCOc1cccnc1[N+](=O)[O-])c1ccccc1. The molecule has 0 aliphatic carbocycles. The number of pyridine rings is 1. The van der Waals surface area contributed by atoms with Crippen molar-refractivity contribution in [1.82, 2.24) is 4.98 Å². The second kappa shape index (κ2) is 6.42. The molecule has 1 aromatic heterocycles. The summed E-state index contributed by atoms with van der Waals surface area (Å²) < 4.78 is 5.27. The maximum absolute atomic E-state index is 11.8. The van der Waals surface area contributed by atoms with Crippen molar-refractivity contribution in [3.05, 3.63) is 64.3 Å². The molecule has 102 valence electrons. The lowest BCUT2D eigenvalue weighted by Gasteiger charge is -2.05. The number of carbonyl (C=O) groups is 1. The van der Waals surface area contributed by atoms with Crippen molar-refractivity contribution in [2.24, 2.45) is 0 Å². The van der Waals surface area contributed by atoms with Crippen molar-refractivity contribution in [2.75, 3.05) is 6.61 Å². The quantitative estimate of drug-likeness (QED) is 0.458. The molecule has 0 saturated heterocycles. The van der Waals surface area contributed by atoms with E-state index < -0.39 is 4.92 Å². The van der Waals surface area contributed by atoms with Gasteiger partial charge in [-0.2, -0.15) is 0 Å². The van der Waals surface area contributed by atoms with Gasteiger partial charge in [0.15, 0.2) is 5.78 Å². The van der Waals surface area contributed by atoms with E-state index in [9.17, 15) is 14.9 Å². The van der Waals surface area contributed by atoms with E-state index in [-0.39, 0.29) is 30.4 Å². The third-order valence-electron chi connectivity index (χ3n) is 2.61. The van der Waals surface area contributed by atoms with Crippen LogP contribution in [-0.4, -0.2) is 22.3 Å². The molecule has 2 aromatic rings. The third-order valence-corrected chi connectivity index (χ3v) is 2.61. The number of Topliss-reactive ketones (excluding diaryl/α,β-unsaturated/α-hetero) is 1. The molecule has 0 aliphatic rings. The minimum absolute atomic E-state index is 0.0679. The van der Waals surface area contributed by atoms with Crippen LogP contribution in [0.5, 0.6) is 5.75 Å². The molecule has 6 nitrogen and oxygen atoms in total. The van der Waals surface area contributed by atoms with E-state index in [4.69, 9.17) is 4.74 Å². The molecule has 6 heteroatoms. The van der Waals surface area contributed by atoms with Crippen molar-refractivity contribution in [3.63, 3.8) is 0 Å². The van der Waals surface area contributed by atoms with Crippen molar-refractivity contribution in [2.45, 2.75) is 6.42 Å². The number of ether oxygens (including phenoxy) is 1. The molecule has 0 spiro atoms. The van der Waals surface area contributed by atoms with Gasteiger partial charge in [0.2, 0.25) is 5.75 Å². The van der Waals surface area contributed by atoms with Gasteiger partial charge in [-0.05, 0) is 22.0 Å². The molecule has 20 heavy (non-hydrogen) atoms. The van der Waals surface area contributed by atoms with Crippen LogP contribution in [-0.2, 0) is 0 Å². The summed E-state index contributed by atoms with van der Waals surface area (Å²) in [6.45, 7) is 0.0697. The lowest BCUT2D eigenvalue weighted by atomic mass is 10.1. The molecule has 0 atom stereocenters. The van der Waals surface area contributed by atoms with E-state index in [2.05, 4.69) is 4.98 Å². The maximum Gasteiger partial charge on any atom is 0.406 e. The van der Waals surface area contributed by atoms with Crippen LogP contribution < -0.4 is 4.74 Å². The molecule has 0 bridgehead atoms. The first-order valence-electron chi connectivity index (χ1n) is 5.99.